The maximum atomic E-state index is 13.2. The van der Waals surface area contributed by atoms with E-state index in [1.165, 1.54) is 26.2 Å². The van der Waals surface area contributed by atoms with E-state index in [1.807, 2.05) is 13.8 Å². The first-order chi connectivity index (χ1) is 7.07. The zero-order chi connectivity index (χ0) is 12.0. The quantitative estimate of drug-likeness (QED) is 0.519. The van der Waals surface area contributed by atoms with Crippen molar-refractivity contribution in [1.82, 2.24) is 0 Å². The molecule has 0 aliphatic rings. The number of benzene rings is 1. The monoisotopic (exact) mass is 208 g/mol. The second-order valence-corrected chi connectivity index (χ2v) is 2.63. The highest BCUT2D eigenvalue weighted by Gasteiger charge is 2.12. The molecule has 0 aliphatic heterocycles. The number of hydrogen-bond donors (Lipinski definition) is 0. The van der Waals surface area contributed by atoms with Crippen LogP contribution in [0.2, 0.25) is 0 Å². The van der Waals surface area contributed by atoms with Crippen molar-refractivity contribution in [2.24, 2.45) is 0 Å². The summed E-state index contributed by atoms with van der Waals surface area (Å²) in [6, 6.07) is 2.79. The van der Waals surface area contributed by atoms with Crippen LogP contribution in [0.15, 0.2) is 12.1 Å². The molecule has 0 aliphatic carbocycles. The van der Waals surface area contributed by atoms with Gasteiger partial charge in [-0.3, -0.25) is 0 Å². The molecule has 0 bridgehead atoms. The summed E-state index contributed by atoms with van der Waals surface area (Å²) >= 11 is 0. The molecule has 0 atom stereocenters. The maximum absolute atomic E-state index is 13.2. The summed E-state index contributed by atoms with van der Waals surface area (Å²) in [5.74, 6) is -1.13. The molecule has 80 valence electrons. The van der Waals surface area contributed by atoms with Crippen LogP contribution in [-0.4, -0.2) is 20.9 Å². The van der Waals surface area contributed by atoms with Crippen LogP contribution in [0.4, 0.5) is 4.39 Å². The second kappa shape index (κ2) is 6.22. The molecule has 2 nitrogen and oxygen atoms in total. The number of halogens is 1. The summed E-state index contributed by atoms with van der Waals surface area (Å²) in [5.41, 5.74) is 0.450. The first-order valence-electron chi connectivity index (χ1n) is 4.70. The van der Waals surface area contributed by atoms with E-state index in [2.05, 4.69) is 4.74 Å². The Hall–Kier alpha value is -1.32. The minimum atomic E-state index is -0.567. The van der Waals surface area contributed by atoms with Crippen molar-refractivity contribution in [3.05, 3.63) is 29.1 Å². The first-order valence-corrected chi connectivity index (χ1v) is 4.70. The van der Waals surface area contributed by atoms with Crippen LogP contribution in [0.5, 0.6) is 0 Å². The SMILES string of the molecule is CC.[B]c1ccc(C(=O)OC)c(C)c1F. The molecule has 2 radical (unpaired) electrons. The number of esters is 1. The fourth-order valence-electron chi connectivity index (χ4n) is 1.04. The molecule has 0 unspecified atom stereocenters. The third-order valence-electron chi connectivity index (χ3n) is 1.82. The molecule has 0 N–H and O–H groups in total. The predicted octanol–water partition coefficient (Wildman–Crippen LogP) is 1.74. The van der Waals surface area contributed by atoms with Crippen molar-refractivity contribution in [2.45, 2.75) is 20.8 Å². The highest BCUT2D eigenvalue weighted by molar-refractivity contribution is 6.32. The third-order valence-corrected chi connectivity index (χ3v) is 1.82. The summed E-state index contributed by atoms with van der Waals surface area (Å²) in [7, 11) is 6.55. The van der Waals surface area contributed by atoms with Gasteiger partial charge in [-0.25, -0.2) is 9.18 Å². The lowest BCUT2D eigenvalue weighted by atomic mass is 9.91. The van der Waals surface area contributed by atoms with Crippen molar-refractivity contribution in [2.75, 3.05) is 7.11 Å². The normalized spacial score (nSPS) is 8.87. The zero-order valence-corrected chi connectivity index (χ0v) is 9.43. The maximum Gasteiger partial charge on any atom is 0.338 e. The van der Waals surface area contributed by atoms with Gasteiger partial charge in [0.1, 0.15) is 13.7 Å². The minimum absolute atomic E-state index is 0.0325. The van der Waals surface area contributed by atoms with Crippen LogP contribution in [0, 0.1) is 12.7 Å². The molecule has 0 heterocycles. The van der Waals surface area contributed by atoms with Crippen molar-refractivity contribution in [3.63, 3.8) is 0 Å². The summed E-state index contributed by atoms with van der Waals surface area (Å²) in [6.07, 6.45) is 0. The summed E-state index contributed by atoms with van der Waals surface area (Å²) in [4.78, 5) is 11.1. The second-order valence-electron chi connectivity index (χ2n) is 2.63. The average molecular weight is 208 g/mol. The highest BCUT2D eigenvalue weighted by atomic mass is 19.1. The van der Waals surface area contributed by atoms with Gasteiger partial charge in [0.05, 0.1) is 12.7 Å². The summed E-state index contributed by atoms with van der Waals surface area (Å²) < 4.78 is 17.6. The van der Waals surface area contributed by atoms with Gasteiger partial charge in [0, 0.05) is 0 Å². The Morgan fingerprint density at radius 3 is 2.40 bits per heavy atom. The molecule has 1 rings (SSSR count). The molecule has 1 aromatic carbocycles. The minimum Gasteiger partial charge on any atom is -0.465 e. The Kier molecular flexibility index (Phi) is 5.68. The van der Waals surface area contributed by atoms with Crippen LogP contribution >= 0.6 is 0 Å². The number of ether oxygens (including phenoxy) is 1. The molecule has 0 fully saturated rings. The van der Waals surface area contributed by atoms with E-state index >= 15 is 0 Å². The number of carbonyl (C=O) groups excluding carboxylic acids is 1. The lowest BCUT2D eigenvalue weighted by Crippen LogP contribution is -2.14. The molecule has 0 spiro atoms. The number of rotatable bonds is 1. The van der Waals surface area contributed by atoms with Gasteiger partial charge in [-0.2, -0.15) is 0 Å². The molecule has 1 aromatic rings. The molecule has 0 saturated heterocycles. The first kappa shape index (κ1) is 13.7. The Morgan fingerprint density at radius 1 is 1.40 bits per heavy atom. The van der Waals surface area contributed by atoms with E-state index in [0.29, 0.717) is 0 Å². The van der Waals surface area contributed by atoms with Gasteiger partial charge in [0.25, 0.3) is 0 Å². The average Bonchev–Trinajstić information content (AvgIpc) is 2.28. The summed E-state index contributed by atoms with van der Waals surface area (Å²) in [6.45, 7) is 5.48. The molecule has 0 amide bonds. The van der Waals surface area contributed by atoms with Gasteiger partial charge in [0.2, 0.25) is 0 Å². The smallest absolute Gasteiger partial charge is 0.338 e. The Labute approximate surface area is 90.9 Å². The predicted molar refractivity (Wildman–Crippen MR) is 59.2 cm³/mol. The van der Waals surface area contributed by atoms with Gasteiger partial charge < -0.3 is 4.74 Å². The van der Waals surface area contributed by atoms with Gasteiger partial charge in [-0.05, 0) is 18.6 Å². The Morgan fingerprint density at radius 2 is 1.93 bits per heavy atom. The zero-order valence-electron chi connectivity index (χ0n) is 9.43. The lowest BCUT2D eigenvalue weighted by Gasteiger charge is -2.06. The Bertz CT molecular complexity index is 351. The van der Waals surface area contributed by atoms with E-state index in [0.717, 1.165) is 0 Å². The number of carbonyl (C=O) groups is 1. The fraction of sp³-hybridized carbons (Fsp3) is 0.364. The van der Waals surface area contributed by atoms with E-state index < -0.39 is 11.8 Å². The van der Waals surface area contributed by atoms with Crippen LogP contribution in [0.3, 0.4) is 0 Å². The van der Waals surface area contributed by atoms with Gasteiger partial charge in [-0.1, -0.05) is 25.4 Å². The van der Waals surface area contributed by atoms with Gasteiger partial charge in [-0.15, -0.1) is 0 Å². The van der Waals surface area contributed by atoms with E-state index in [9.17, 15) is 9.18 Å². The molecule has 0 aromatic heterocycles. The van der Waals surface area contributed by atoms with E-state index in [1.54, 1.807) is 0 Å². The molecule has 15 heavy (non-hydrogen) atoms. The van der Waals surface area contributed by atoms with Crippen molar-refractivity contribution >= 4 is 19.3 Å². The van der Waals surface area contributed by atoms with Crippen LogP contribution in [0.25, 0.3) is 0 Å². The molecule has 4 heteroatoms. The van der Waals surface area contributed by atoms with Crippen LogP contribution in [0.1, 0.15) is 29.8 Å². The fourth-order valence-corrected chi connectivity index (χ4v) is 1.04. The number of hydrogen-bond acceptors (Lipinski definition) is 2. The third kappa shape index (κ3) is 3.08. The number of methoxy groups -OCH3 is 1. The largest absolute Gasteiger partial charge is 0.465 e. The van der Waals surface area contributed by atoms with Gasteiger partial charge in [0.15, 0.2) is 0 Å². The van der Waals surface area contributed by atoms with Gasteiger partial charge >= 0.3 is 5.97 Å². The van der Waals surface area contributed by atoms with Crippen molar-refractivity contribution in [3.8, 4) is 0 Å². The van der Waals surface area contributed by atoms with E-state index in [4.69, 9.17) is 7.85 Å². The molecular formula is C11H14BFO2. The van der Waals surface area contributed by atoms with Crippen LogP contribution < -0.4 is 5.46 Å². The Balaban J connectivity index is 0.000000921. The van der Waals surface area contributed by atoms with Crippen molar-refractivity contribution in [1.29, 1.82) is 0 Å². The standard InChI is InChI=1S/C9H8BFO2.C2H6/c1-5-6(9(12)13-2)3-4-7(10)8(5)11;1-2/h3-4H,1-2H3;1-2H3. The van der Waals surface area contributed by atoms with Crippen molar-refractivity contribution < 1.29 is 13.9 Å². The summed E-state index contributed by atoms with van der Waals surface area (Å²) in [5, 5.41) is 0. The highest BCUT2D eigenvalue weighted by Crippen LogP contribution is 2.10. The molecule has 0 saturated carbocycles. The topological polar surface area (TPSA) is 26.3 Å². The van der Waals surface area contributed by atoms with E-state index in [-0.39, 0.29) is 16.6 Å². The van der Waals surface area contributed by atoms with Crippen LogP contribution in [-0.2, 0) is 4.74 Å². The molecular weight excluding hydrogens is 194 g/mol. The lowest BCUT2D eigenvalue weighted by molar-refractivity contribution is 0.0599.